The molecule has 12 heavy (non-hydrogen) atoms. The van der Waals surface area contributed by atoms with Crippen molar-refractivity contribution in [1.82, 2.24) is 0 Å². The Morgan fingerprint density at radius 1 is 1.67 bits per heavy atom. The van der Waals surface area contributed by atoms with Crippen molar-refractivity contribution in [3.63, 3.8) is 0 Å². The molecule has 0 rings (SSSR count). The molecule has 0 aromatic heterocycles. The number of esters is 1. The second kappa shape index (κ2) is 5.77. The topological polar surface area (TPSA) is 52.3 Å². The van der Waals surface area contributed by atoms with Crippen LogP contribution in [0.2, 0.25) is 0 Å². The van der Waals surface area contributed by atoms with Crippen molar-refractivity contribution in [2.45, 2.75) is 32.7 Å². The van der Waals surface area contributed by atoms with Gasteiger partial charge in [-0.1, -0.05) is 5.57 Å². The van der Waals surface area contributed by atoms with E-state index < -0.39 is 6.04 Å². The molecule has 0 aliphatic rings. The van der Waals surface area contributed by atoms with Gasteiger partial charge in [0.05, 0.1) is 6.61 Å². The van der Waals surface area contributed by atoms with Gasteiger partial charge in [-0.3, -0.25) is 4.79 Å². The molecule has 0 heterocycles. The summed E-state index contributed by atoms with van der Waals surface area (Å²) in [5.41, 5.74) is 6.57. The first kappa shape index (κ1) is 11.2. The molecule has 0 aromatic rings. The van der Waals surface area contributed by atoms with Crippen LogP contribution >= 0.6 is 0 Å². The van der Waals surface area contributed by atoms with Crippen LogP contribution in [0.4, 0.5) is 0 Å². The van der Waals surface area contributed by atoms with Crippen molar-refractivity contribution in [2.75, 3.05) is 6.61 Å². The van der Waals surface area contributed by atoms with E-state index in [0.29, 0.717) is 13.0 Å². The monoisotopic (exact) mass is 171 g/mol. The largest absolute Gasteiger partial charge is 0.465 e. The van der Waals surface area contributed by atoms with Crippen LogP contribution < -0.4 is 5.73 Å². The van der Waals surface area contributed by atoms with Gasteiger partial charge in [-0.2, -0.15) is 0 Å². The molecule has 0 radical (unpaired) electrons. The van der Waals surface area contributed by atoms with E-state index in [0.717, 1.165) is 12.0 Å². The number of rotatable bonds is 5. The lowest BCUT2D eigenvalue weighted by Gasteiger charge is -2.09. The van der Waals surface area contributed by atoms with Gasteiger partial charge in [-0.05, 0) is 26.7 Å². The Morgan fingerprint density at radius 2 is 2.25 bits per heavy atom. The lowest BCUT2D eigenvalue weighted by Crippen LogP contribution is -2.32. The second-order valence-electron chi connectivity index (χ2n) is 2.85. The Bertz CT molecular complexity index is 166. The Kier molecular flexibility index (Phi) is 5.37. The lowest BCUT2D eigenvalue weighted by atomic mass is 10.1. The van der Waals surface area contributed by atoms with Crippen LogP contribution in [-0.2, 0) is 9.53 Å². The summed E-state index contributed by atoms with van der Waals surface area (Å²) in [6, 6.07) is -0.498. The third kappa shape index (κ3) is 4.91. The van der Waals surface area contributed by atoms with Gasteiger partial charge in [0.2, 0.25) is 0 Å². The van der Waals surface area contributed by atoms with E-state index in [1.807, 2.05) is 6.92 Å². The zero-order valence-corrected chi connectivity index (χ0v) is 7.80. The molecule has 0 bridgehead atoms. The van der Waals surface area contributed by atoms with E-state index in [-0.39, 0.29) is 5.97 Å². The van der Waals surface area contributed by atoms with Crippen LogP contribution in [0.1, 0.15) is 26.7 Å². The zero-order valence-electron chi connectivity index (χ0n) is 7.80. The summed E-state index contributed by atoms with van der Waals surface area (Å²) in [6.07, 6.45) is 1.40. The summed E-state index contributed by atoms with van der Waals surface area (Å²) in [5, 5.41) is 0. The molecule has 0 fully saturated rings. The summed E-state index contributed by atoms with van der Waals surface area (Å²) < 4.78 is 4.74. The maximum atomic E-state index is 11.0. The van der Waals surface area contributed by atoms with E-state index >= 15 is 0 Å². The van der Waals surface area contributed by atoms with Crippen LogP contribution in [0.3, 0.4) is 0 Å². The average Bonchev–Trinajstić information content (AvgIpc) is 2.00. The standard InChI is InChI=1S/C9H17NO2/c1-4-12-9(11)8(10)6-5-7(2)3/h8H,2,4-6,10H2,1,3H3. The van der Waals surface area contributed by atoms with Crippen molar-refractivity contribution < 1.29 is 9.53 Å². The smallest absolute Gasteiger partial charge is 0.322 e. The van der Waals surface area contributed by atoms with E-state index in [9.17, 15) is 4.79 Å². The second-order valence-corrected chi connectivity index (χ2v) is 2.85. The van der Waals surface area contributed by atoms with Gasteiger partial charge >= 0.3 is 5.97 Å². The molecule has 70 valence electrons. The maximum absolute atomic E-state index is 11.0. The number of carbonyl (C=O) groups is 1. The number of ether oxygens (including phenoxy) is 1. The van der Waals surface area contributed by atoms with Gasteiger partial charge in [0.1, 0.15) is 6.04 Å². The van der Waals surface area contributed by atoms with Crippen LogP contribution in [0.25, 0.3) is 0 Å². The normalized spacial score (nSPS) is 12.2. The number of hydrogen-bond acceptors (Lipinski definition) is 3. The molecular formula is C9H17NO2. The fourth-order valence-electron chi connectivity index (χ4n) is 0.769. The SMILES string of the molecule is C=C(C)CCC(N)C(=O)OCC. The van der Waals surface area contributed by atoms with Gasteiger partial charge < -0.3 is 10.5 Å². The first-order valence-corrected chi connectivity index (χ1v) is 4.14. The molecule has 1 unspecified atom stereocenters. The molecule has 0 aromatic carbocycles. The molecule has 0 saturated heterocycles. The number of allylic oxidation sites excluding steroid dienone is 1. The van der Waals surface area contributed by atoms with Crippen LogP contribution in [-0.4, -0.2) is 18.6 Å². The molecular weight excluding hydrogens is 154 g/mol. The van der Waals surface area contributed by atoms with Crippen molar-refractivity contribution in [1.29, 1.82) is 0 Å². The molecule has 0 aliphatic heterocycles. The Balaban J connectivity index is 3.63. The van der Waals surface area contributed by atoms with Crippen LogP contribution in [0, 0.1) is 0 Å². The molecule has 1 atom stereocenters. The highest BCUT2D eigenvalue weighted by atomic mass is 16.5. The third-order valence-electron chi connectivity index (χ3n) is 1.47. The molecule has 0 saturated carbocycles. The summed E-state index contributed by atoms with van der Waals surface area (Å²) in [7, 11) is 0. The summed E-state index contributed by atoms with van der Waals surface area (Å²) >= 11 is 0. The fraction of sp³-hybridized carbons (Fsp3) is 0.667. The molecule has 2 N–H and O–H groups in total. The first-order valence-electron chi connectivity index (χ1n) is 4.14. The van der Waals surface area contributed by atoms with E-state index in [4.69, 9.17) is 10.5 Å². The van der Waals surface area contributed by atoms with E-state index in [1.165, 1.54) is 0 Å². The average molecular weight is 171 g/mol. The minimum atomic E-state index is -0.498. The minimum Gasteiger partial charge on any atom is -0.465 e. The number of nitrogens with two attached hydrogens (primary N) is 1. The predicted octanol–water partition coefficient (Wildman–Crippen LogP) is 1.23. The van der Waals surface area contributed by atoms with E-state index in [2.05, 4.69) is 6.58 Å². The first-order chi connectivity index (χ1) is 5.57. The maximum Gasteiger partial charge on any atom is 0.322 e. The minimum absolute atomic E-state index is 0.321. The van der Waals surface area contributed by atoms with Gasteiger partial charge in [0.25, 0.3) is 0 Å². The molecule has 0 aliphatic carbocycles. The predicted molar refractivity (Wildman–Crippen MR) is 48.7 cm³/mol. The van der Waals surface area contributed by atoms with Gasteiger partial charge in [-0.15, -0.1) is 6.58 Å². The van der Waals surface area contributed by atoms with Crippen molar-refractivity contribution in [3.8, 4) is 0 Å². The quantitative estimate of drug-likeness (QED) is 0.500. The molecule has 0 spiro atoms. The molecule has 0 amide bonds. The van der Waals surface area contributed by atoms with Gasteiger partial charge in [0, 0.05) is 0 Å². The zero-order chi connectivity index (χ0) is 9.56. The summed E-state index contributed by atoms with van der Waals surface area (Å²) in [5.74, 6) is -0.321. The highest BCUT2D eigenvalue weighted by Crippen LogP contribution is 2.03. The summed E-state index contributed by atoms with van der Waals surface area (Å²) in [4.78, 5) is 11.0. The van der Waals surface area contributed by atoms with Crippen LogP contribution in [0.15, 0.2) is 12.2 Å². The van der Waals surface area contributed by atoms with Crippen molar-refractivity contribution >= 4 is 5.97 Å². The van der Waals surface area contributed by atoms with E-state index in [1.54, 1.807) is 6.92 Å². The highest BCUT2D eigenvalue weighted by Gasteiger charge is 2.13. The molecule has 3 heteroatoms. The molecule has 3 nitrogen and oxygen atoms in total. The van der Waals surface area contributed by atoms with Crippen molar-refractivity contribution in [3.05, 3.63) is 12.2 Å². The number of hydrogen-bond donors (Lipinski definition) is 1. The number of carbonyl (C=O) groups excluding carboxylic acids is 1. The Labute approximate surface area is 73.6 Å². The third-order valence-corrected chi connectivity index (χ3v) is 1.47. The fourth-order valence-corrected chi connectivity index (χ4v) is 0.769. The lowest BCUT2D eigenvalue weighted by molar-refractivity contribution is -0.144. The Morgan fingerprint density at radius 3 is 2.67 bits per heavy atom. The van der Waals surface area contributed by atoms with Crippen LogP contribution in [0.5, 0.6) is 0 Å². The van der Waals surface area contributed by atoms with Crippen molar-refractivity contribution in [2.24, 2.45) is 5.73 Å². The summed E-state index contributed by atoms with van der Waals surface area (Å²) in [6.45, 7) is 7.80. The van der Waals surface area contributed by atoms with Gasteiger partial charge in [0.15, 0.2) is 0 Å². The Hall–Kier alpha value is -0.830. The highest BCUT2D eigenvalue weighted by molar-refractivity contribution is 5.75. The van der Waals surface area contributed by atoms with Gasteiger partial charge in [-0.25, -0.2) is 0 Å².